The summed E-state index contributed by atoms with van der Waals surface area (Å²) in [6, 6.07) is 6.56. The molecule has 0 spiro atoms. The molecule has 0 bridgehead atoms. The highest BCUT2D eigenvalue weighted by Crippen LogP contribution is 2.44. The lowest BCUT2D eigenvalue weighted by atomic mass is 9.81. The minimum Gasteiger partial charge on any atom is -0.377 e. The van der Waals surface area contributed by atoms with Crippen LogP contribution in [0.3, 0.4) is 0 Å². The van der Waals surface area contributed by atoms with Crippen molar-refractivity contribution in [3.05, 3.63) is 35.4 Å². The second-order valence-corrected chi connectivity index (χ2v) is 5.97. The van der Waals surface area contributed by atoms with Crippen LogP contribution in [0, 0.1) is 0 Å². The SMILES string of the molecule is COC(CC(F)(F)C(F)(F)F)c1ccccc1C(C)(C)C. The molecule has 1 nitrogen and oxygen atoms in total. The molecule has 0 fully saturated rings. The third-order valence-corrected chi connectivity index (χ3v) is 3.26. The van der Waals surface area contributed by atoms with E-state index in [9.17, 15) is 22.0 Å². The zero-order valence-electron chi connectivity index (χ0n) is 12.4. The Balaban J connectivity index is 3.19. The first-order valence-electron chi connectivity index (χ1n) is 6.47. The Kier molecular flexibility index (Phi) is 5.03. The van der Waals surface area contributed by atoms with Gasteiger partial charge in [0.05, 0.1) is 12.5 Å². The summed E-state index contributed by atoms with van der Waals surface area (Å²) in [5.74, 6) is -4.79. The molecule has 1 unspecified atom stereocenters. The second kappa shape index (κ2) is 5.91. The number of benzene rings is 1. The number of methoxy groups -OCH3 is 1. The molecule has 0 N–H and O–H groups in total. The molecule has 0 saturated carbocycles. The third kappa shape index (κ3) is 4.15. The maximum Gasteiger partial charge on any atom is 0.453 e. The molecule has 0 aliphatic carbocycles. The normalized spacial score (nSPS) is 15.1. The summed E-state index contributed by atoms with van der Waals surface area (Å²) < 4.78 is 68.6. The molecule has 6 heteroatoms. The van der Waals surface area contributed by atoms with Gasteiger partial charge in [0.15, 0.2) is 0 Å². The Morgan fingerprint density at radius 1 is 1.00 bits per heavy atom. The molecule has 0 aliphatic heterocycles. The molecule has 0 amide bonds. The molecule has 1 rings (SSSR count). The van der Waals surface area contributed by atoms with Crippen molar-refractivity contribution < 1.29 is 26.7 Å². The Morgan fingerprint density at radius 3 is 1.95 bits per heavy atom. The fraction of sp³-hybridized carbons (Fsp3) is 0.600. The van der Waals surface area contributed by atoms with Crippen LogP contribution in [0.15, 0.2) is 24.3 Å². The van der Waals surface area contributed by atoms with Gasteiger partial charge >= 0.3 is 12.1 Å². The minimum absolute atomic E-state index is 0.358. The van der Waals surface area contributed by atoms with Gasteiger partial charge in [-0.2, -0.15) is 22.0 Å². The van der Waals surface area contributed by atoms with Crippen LogP contribution < -0.4 is 0 Å². The zero-order chi connectivity index (χ0) is 16.5. The first-order valence-corrected chi connectivity index (χ1v) is 6.47. The predicted molar refractivity (Wildman–Crippen MR) is 70.5 cm³/mol. The topological polar surface area (TPSA) is 9.23 Å². The highest BCUT2D eigenvalue weighted by molar-refractivity contribution is 5.34. The molecular formula is C15H19F5O. The Hall–Kier alpha value is -1.17. The molecule has 120 valence electrons. The fourth-order valence-corrected chi connectivity index (χ4v) is 2.13. The van der Waals surface area contributed by atoms with Gasteiger partial charge in [-0.25, -0.2) is 0 Å². The van der Waals surface area contributed by atoms with Crippen LogP contribution in [0.1, 0.15) is 44.4 Å². The number of hydrogen-bond acceptors (Lipinski definition) is 1. The predicted octanol–water partition coefficient (Wildman–Crippen LogP) is 5.26. The van der Waals surface area contributed by atoms with Crippen LogP contribution in [0.25, 0.3) is 0 Å². The summed E-state index contributed by atoms with van der Waals surface area (Å²) in [6.45, 7) is 5.58. The van der Waals surface area contributed by atoms with Crippen LogP contribution in [-0.2, 0) is 10.2 Å². The molecule has 0 heterocycles. The van der Waals surface area contributed by atoms with E-state index >= 15 is 0 Å². The van der Waals surface area contributed by atoms with E-state index < -0.39 is 24.6 Å². The number of halogens is 5. The standard InChI is InChI=1S/C15H19F5O/c1-13(2,3)11-8-6-5-7-10(11)12(21-4)9-14(16,17)15(18,19)20/h5-8,12H,9H2,1-4H3. The molecule has 0 aromatic heterocycles. The van der Waals surface area contributed by atoms with Crippen molar-refractivity contribution in [2.24, 2.45) is 0 Å². The van der Waals surface area contributed by atoms with E-state index in [4.69, 9.17) is 4.74 Å². The van der Waals surface area contributed by atoms with Gasteiger partial charge in [-0.1, -0.05) is 45.0 Å². The molecule has 0 saturated heterocycles. The molecule has 21 heavy (non-hydrogen) atoms. The number of hydrogen-bond donors (Lipinski definition) is 0. The summed E-state index contributed by atoms with van der Waals surface area (Å²) in [4.78, 5) is 0. The van der Waals surface area contributed by atoms with E-state index in [0.717, 1.165) is 7.11 Å². The van der Waals surface area contributed by atoms with Crippen molar-refractivity contribution in [3.8, 4) is 0 Å². The second-order valence-electron chi connectivity index (χ2n) is 5.97. The van der Waals surface area contributed by atoms with Crippen molar-refractivity contribution in [1.29, 1.82) is 0 Å². The maximum atomic E-state index is 13.3. The van der Waals surface area contributed by atoms with E-state index in [2.05, 4.69) is 0 Å². The zero-order valence-corrected chi connectivity index (χ0v) is 12.4. The average molecular weight is 310 g/mol. The lowest BCUT2D eigenvalue weighted by Crippen LogP contribution is -2.38. The minimum atomic E-state index is -5.58. The summed E-state index contributed by atoms with van der Waals surface area (Å²) >= 11 is 0. The smallest absolute Gasteiger partial charge is 0.377 e. The van der Waals surface area contributed by atoms with Crippen LogP contribution in [0.4, 0.5) is 22.0 Å². The summed E-state index contributed by atoms with van der Waals surface area (Å²) in [5.41, 5.74) is 0.659. The van der Waals surface area contributed by atoms with Gasteiger partial charge in [0.25, 0.3) is 0 Å². The molecule has 1 atom stereocenters. The van der Waals surface area contributed by atoms with Gasteiger partial charge in [0, 0.05) is 7.11 Å². The van der Waals surface area contributed by atoms with Crippen LogP contribution in [0.5, 0.6) is 0 Å². The van der Waals surface area contributed by atoms with Gasteiger partial charge < -0.3 is 4.74 Å². The van der Waals surface area contributed by atoms with Crippen molar-refractivity contribution in [3.63, 3.8) is 0 Å². The highest BCUT2D eigenvalue weighted by Gasteiger charge is 2.58. The van der Waals surface area contributed by atoms with Crippen molar-refractivity contribution in [2.75, 3.05) is 7.11 Å². The number of alkyl halides is 5. The Morgan fingerprint density at radius 2 is 1.52 bits per heavy atom. The largest absolute Gasteiger partial charge is 0.453 e. The molecule has 1 aromatic carbocycles. The quantitative estimate of drug-likeness (QED) is 0.689. The first kappa shape index (κ1) is 17.9. The highest BCUT2D eigenvalue weighted by atomic mass is 19.4. The van der Waals surface area contributed by atoms with Crippen molar-refractivity contribution in [1.82, 2.24) is 0 Å². The van der Waals surface area contributed by atoms with Gasteiger partial charge in [0.1, 0.15) is 0 Å². The van der Waals surface area contributed by atoms with Crippen molar-refractivity contribution >= 4 is 0 Å². The third-order valence-electron chi connectivity index (χ3n) is 3.26. The van der Waals surface area contributed by atoms with Gasteiger partial charge in [-0.05, 0) is 16.5 Å². The fourth-order valence-electron chi connectivity index (χ4n) is 2.13. The average Bonchev–Trinajstić information content (AvgIpc) is 2.33. The lowest BCUT2D eigenvalue weighted by Gasteiger charge is -2.29. The van der Waals surface area contributed by atoms with Crippen LogP contribution >= 0.6 is 0 Å². The van der Waals surface area contributed by atoms with Gasteiger partial charge in [-0.15, -0.1) is 0 Å². The van der Waals surface area contributed by atoms with Gasteiger partial charge in [-0.3, -0.25) is 0 Å². The first-order chi connectivity index (χ1) is 9.40. The van der Waals surface area contributed by atoms with E-state index in [1.54, 1.807) is 18.2 Å². The molecule has 0 aliphatic rings. The molecule has 1 aromatic rings. The van der Waals surface area contributed by atoms with Gasteiger partial charge in [0.2, 0.25) is 0 Å². The van der Waals surface area contributed by atoms with Crippen LogP contribution in [-0.4, -0.2) is 19.2 Å². The molecule has 0 radical (unpaired) electrons. The van der Waals surface area contributed by atoms with Crippen LogP contribution in [0.2, 0.25) is 0 Å². The maximum absolute atomic E-state index is 13.3. The number of rotatable bonds is 4. The Bertz CT molecular complexity index is 474. The van der Waals surface area contributed by atoms with E-state index in [-0.39, 0.29) is 5.41 Å². The van der Waals surface area contributed by atoms with E-state index in [1.807, 2.05) is 20.8 Å². The summed E-state index contributed by atoms with van der Waals surface area (Å²) in [7, 11) is 1.14. The summed E-state index contributed by atoms with van der Waals surface area (Å²) in [6.07, 6.45) is -8.34. The van der Waals surface area contributed by atoms with E-state index in [1.165, 1.54) is 6.07 Å². The number of ether oxygens (including phenoxy) is 1. The monoisotopic (exact) mass is 310 g/mol. The molecular weight excluding hydrogens is 291 g/mol. The van der Waals surface area contributed by atoms with E-state index in [0.29, 0.717) is 11.1 Å². The lowest BCUT2D eigenvalue weighted by molar-refractivity contribution is -0.291. The summed E-state index contributed by atoms with van der Waals surface area (Å²) in [5, 5.41) is 0. The van der Waals surface area contributed by atoms with Crippen molar-refractivity contribution in [2.45, 2.75) is 50.8 Å². The Labute approximate surface area is 121 Å².